The van der Waals surface area contributed by atoms with Gasteiger partial charge in [0.05, 0.1) is 0 Å². The molecular weight excluding hydrogens is 677 g/mol. The standard InChI is InChI=1S/C46H27NO2Se/c48-47(49)46-36-21-10-8-19-34(36)44(35-20-9-11-22-37(35)46)38-23-12-24-41-45(38)39-27-29(25-26-40(39)50-41)43-32-17-6-4-15-30(32)42(28-13-2-1-3-14-28)31-16-5-7-18-33(31)43/h1-27H. The van der Waals surface area contributed by atoms with E-state index in [0.29, 0.717) is 10.8 Å². The van der Waals surface area contributed by atoms with E-state index in [9.17, 15) is 10.1 Å². The Morgan fingerprint density at radius 2 is 0.880 bits per heavy atom. The van der Waals surface area contributed by atoms with Gasteiger partial charge in [0.15, 0.2) is 0 Å². The average molecular weight is 705 g/mol. The summed E-state index contributed by atoms with van der Waals surface area (Å²) in [6.07, 6.45) is 0. The van der Waals surface area contributed by atoms with Crippen LogP contribution in [0.5, 0.6) is 0 Å². The molecule has 0 saturated heterocycles. The number of rotatable bonds is 4. The molecule has 0 aliphatic rings. The Balaban J connectivity index is 1.31. The number of nitrogens with zero attached hydrogens (tertiary/aromatic N) is 1. The van der Waals surface area contributed by atoms with E-state index >= 15 is 0 Å². The Morgan fingerprint density at radius 1 is 0.400 bits per heavy atom. The van der Waals surface area contributed by atoms with Crippen molar-refractivity contribution in [1.29, 1.82) is 0 Å². The zero-order valence-electron chi connectivity index (χ0n) is 26.8. The zero-order valence-corrected chi connectivity index (χ0v) is 28.5. The van der Waals surface area contributed by atoms with Gasteiger partial charge in [-0.3, -0.25) is 0 Å². The van der Waals surface area contributed by atoms with Gasteiger partial charge in [-0.05, 0) is 0 Å². The predicted octanol–water partition coefficient (Wildman–Crippen LogP) is 12.6. The van der Waals surface area contributed by atoms with Gasteiger partial charge in [0.25, 0.3) is 0 Å². The molecule has 50 heavy (non-hydrogen) atoms. The Kier molecular flexibility index (Phi) is 6.50. The molecule has 1 aromatic heterocycles. The van der Waals surface area contributed by atoms with Crippen LogP contribution in [0.15, 0.2) is 164 Å². The van der Waals surface area contributed by atoms with Crippen molar-refractivity contribution >= 4 is 82.6 Å². The van der Waals surface area contributed by atoms with Crippen LogP contribution in [-0.4, -0.2) is 19.4 Å². The van der Waals surface area contributed by atoms with Crippen molar-refractivity contribution in [1.82, 2.24) is 0 Å². The molecule has 0 bridgehead atoms. The summed E-state index contributed by atoms with van der Waals surface area (Å²) in [5.41, 5.74) is 7.24. The van der Waals surface area contributed by atoms with Crippen LogP contribution < -0.4 is 0 Å². The Bertz CT molecular complexity index is 2900. The molecule has 0 unspecified atom stereocenters. The number of non-ortho nitro benzene ring substituents is 1. The van der Waals surface area contributed by atoms with Crippen molar-refractivity contribution in [2.24, 2.45) is 0 Å². The topological polar surface area (TPSA) is 43.1 Å². The van der Waals surface area contributed by atoms with Crippen LogP contribution in [0.4, 0.5) is 5.69 Å². The number of hydrogen-bond donors (Lipinski definition) is 0. The van der Waals surface area contributed by atoms with E-state index in [1.807, 2.05) is 48.5 Å². The second kappa shape index (κ2) is 11.2. The number of nitro groups is 1. The third kappa shape index (κ3) is 4.23. The van der Waals surface area contributed by atoms with Crippen LogP contribution >= 0.6 is 0 Å². The Morgan fingerprint density at radius 3 is 1.42 bits per heavy atom. The van der Waals surface area contributed by atoms with Crippen molar-refractivity contribution in [2.45, 2.75) is 0 Å². The van der Waals surface area contributed by atoms with Crippen LogP contribution in [0.2, 0.25) is 0 Å². The van der Waals surface area contributed by atoms with Crippen molar-refractivity contribution < 1.29 is 4.92 Å². The first-order valence-corrected chi connectivity index (χ1v) is 18.4. The molecule has 0 atom stereocenters. The molecular formula is C46H27NO2Se. The molecule has 4 heteroatoms. The summed E-state index contributed by atoms with van der Waals surface area (Å²) >= 11 is 0.132. The molecule has 0 radical (unpaired) electrons. The molecule has 0 aliphatic carbocycles. The van der Waals surface area contributed by atoms with Crippen LogP contribution in [0, 0.1) is 10.1 Å². The first-order valence-electron chi connectivity index (χ1n) is 16.7. The molecule has 0 aliphatic heterocycles. The fraction of sp³-hybridized carbons (Fsp3) is 0. The third-order valence-corrected chi connectivity index (χ3v) is 12.5. The van der Waals surface area contributed by atoms with E-state index in [2.05, 4.69) is 115 Å². The number of benzene rings is 9. The fourth-order valence-electron chi connectivity index (χ4n) is 8.14. The van der Waals surface area contributed by atoms with Gasteiger partial charge in [0.1, 0.15) is 0 Å². The molecule has 10 aromatic rings. The van der Waals surface area contributed by atoms with E-state index in [1.165, 1.54) is 63.1 Å². The van der Waals surface area contributed by atoms with Gasteiger partial charge in [0, 0.05) is 0 Å². The molecule has 0 amide bonds. The summed E-state index contributed by atoms with van der Waals surface area (Å²) in [7, 11) is 0. The van der Waals surface area contributed by atoms with Crippen LogP contribution in [0.3, 0.4) is 0 Å². The van der Waals surface area contributed by atoms with Gasteiger partial charge in [-0.2, -0.15) is 0 Å². The van der Waals surface area contributed by atoms with Crippen LogP contribution in [0.25, 0.3) is 95.8 Å². The summed E-state index contributed by atoms with van der Waals surface area (Å²) < 4.78 is 2.69. The predicted molar refractivity (Wildman–Crippen MR) is 211 cm³/mol. The number of hydrogen-bond acceptors (Lipinski definition) is 2. The average Bonchev–Trinajstić information content (AvgIpc) is 3.54. The fourth-order valence-corrected chi connectivity index (χ4v) is 10.5. The van der Waals surface area contributed by atoms with Gasteiger partial charge in [-0.1, -0.05) is 0 Å². The first kappa shape index (κ1) is 28.9. The second-order valence-electron chi connectivity index (χ2n) is 12.8. The molecule has 9 aromatic carbocycles. The molecule has 234 valence electrons. The van der Waals surface area contributed by atoms with Gasteiger partial charge in [-0.25, -0.2) is 0 Å². The van der Waals surface area contributed by atoms with E-state index in [-0.39, 0.29) is 25.1 Å². The molecule has 0 spiro atoms. The summed E-state index contributed by atoms with van der Waals surface area (Å²) in [6.45, 7) is 0. The maximum atomic E-state index is 12.5. The second-order valence-corrected chi connectivity index (χ2v) is 15.0. The molecule has 0 N–H and O–H groups in total. The van der Waals surface area contributed by atoms with Crippen molar-refractivity contribution in [2.75, 3.05) is 0 Å². The van der Waals surface area contributed by atoms with Gasteiger partial charge >= 0.3 is 295 Å². The van der Waals surface area contributed by atoms with Gasteiger partial charge in [-0.15, -0.1) is 0 Å². The van der Waals surface area contributed by atoms with Gasteiger partial charge in [0.2, 0.25) is 0 Å². The van der Waals surface area contributed by atoms with E-state index in [4.69, 9.17) is 0 Å². The molecule has 10 rings (SSSR count). The monoisotopic (exact) mass is 705 g/mol. The van der Waals surface area contributed by atoms with Crippen LogP contribution in [-0.2, 0) is 0 Å². The SMILES string of the molecule is O=[N+]([O-])c1c2ccccc2c(-c2cccc3[se]c4ccc(-c5c6ccccc6c(-c6ccccc6)c6ccccc56)cc4c23)c2ccccc12. The minimum absolute atomic E-state index is 0.132. The molecule has 3 nitrogen and oxygen atoms in total. The van der Waals surface area contributed by atoms with Crippen LogP contribution in [0.1, 0.15) is 0 Å². The normalized spacial score (nSPS) is 11.8. The quantitative estimate of drug-likeness (QED) is 0.0792. The summed E-state index contributed by atoms with van der Waals surface area (Å²) in [5.74, 6) is 0. The summed E-state index contributed by atoms with van der Waals surface area (Å²) in [5, 5.41) is 23.1. The maximum absolute atomic E-state index is 12.5. The Hall–Kier alpha value is -6.06. The molecule has 1 heterocycles. The van der Waals surface area contributed by atoms with Gasteiger partial charge < -0.3 is 0 Å². The first-order chi connectivity index (χ1) is 24.7. The van der Waals surface area contributed by atoms with Crippen molar-refractivity contribution in [3.8, 4) is 33.4 Å². The van der Waals surface area contributed by atoms with Crippen molar-refractivity contribution in [3.05, 3.63) is 174 Å². The van der Waals surface area contributed by atoms with E-state index in [1.54, 1.807) is 0 Å². The Labute approximate surface area is 293 Å². The summed E-state index contributed by atoms with van der Waals surface area (Å²) in [6, 6.07) is 57.5. The zero-order chi connectivity index (χ0) is 33.3. The van der Waals surface area contributed by atoms with Crippen molar-refractivity contribution in [3.63, 3.8) is 0 Å². The third-order valence-electron chi connectivity index (χ3n) is 10.1. The molecule has 0 saturated carbocycles. The van der Waals surface area contributed by atoms with E-state index < -0.39 is 0 Å². The summed E-state index contributed by atoms with van der Waals surface area (Å²) in [4.78, 5) is 12.3. The molecule has 0 fully saturated rings. The number of fused-ring (bicyclic) bond motifs is 7. The number of nitro benzene ring substituents is 1. The van der Waals surface area contributed by atoms with E-state index in [0.717, 1.165) is 21.9 Å². The minimum atomic E-state index is -0.230.